The van der Waals surface area contributed by atoms with Crippen LogP contribution in [0.1, 0.15) is 45.1 Å². The second-order valence-corrected chi connectivity index (χ2v) is 5.96. The van der Waals surface area contributed by atoms with Crippen LogP contribution in [0.2, 0.25) is 0 Å². The molecule has 1 aromatic rings. The van der Waals surface area contributed by atoms with Crippen molar-refractivity contribution in [2.45, 2.75) is 50.2 Å². The standard InChI is InChI=1S/C11H20N4S2/c1-2-9(7-16)8-17-11-12-13-14-15(11)10-5-3-4-6-10/h9-10,16H,2-8H2,1H3. The minimum absolute atomic E-state index is 0.531. The van der Waals surface area contributed by atoms with Crippen molar-refractivity contribution >= 4 is 24.4 Å². The van der Waals surface area contributed by atoms with E-state index in [9.17, 15) is 0 Å². The highest BCUT2D eigenvalue weighted by molar-refractivity contribution is 7.99. The van der Waals surface area contributed by atoms with Crippen molar-refractivity contribution in [3.8, 4) is 0 Å². The number of thiol groups is 1. The smallest absolute Gasteiger partial charge is 0.209 e. The Kier molecular flexibility index (Phi) is 5.16. The molecule has 1 heterocycles. The maximum Gasteiger partial charge on any atom is 0.209 e. The summed E-state index contributed by atoms with van der Waals surface area (Å²) in [5, 5.41) is 13.1. The number of thioether (sulfide) groups is 1. The Balaban J connectivity index is 1.94. The molecule has 1 saturated carbocycles. The Hall–Kier alpha value is -0.230. The molecule has 2 rings (SSSR count). The van der Waals surface area contributed by atoms with Gasteiger partial charge in [-0.3, -0.25) is 0 Å². The zero-order chi connectivity index (χ0) is 12.1. The second kappa shape index (κ2) is 6.64. The molecule has 0 aliphatic heterocycles. The normalized spacial score (nSPS) is 18.7. The van der Waals surface area contributed by atoms with Gasteiger partial charge in [0.1, 0.15) is 0 Å². The SMILES string of the molecule is CCC(CS)CSc1nnnn1C1CCCC1. The van der Waals surface area contributed by atoms with Gasteiger partial charge in [-0.15, -0.1) is 5.10 Å². The van der Waals surface area contributed by atoms with Crippen LogP contribution in [0.3, 0.4) is 0 Å². The lowest BCUT2D eigenvalue weighted by molar-refractivity contribution is 0.422. The molecular formula is C11H20N4S2. The van der Waals surface area contributed by atoms with E-state index in [1.807, 2.05) is 4.68 Å². The fourth-order valence-electron chi connectivity index (χ4n) is 2.15. The first kappa shape index (κ1) is 13.2. The zero-order valence-electron chi connectivity index (χ0n) is 10.2. The number of tetrazole rings is 1. The van der Waals surface area contributed by atoms with Gasteiger partial charge in [0.05, 0.1) is 6.04 Å². The second-order valence-electron chi connectivity index (χ2n) is 4.61. The van der Waals surface area contributed by atoms with Gasteiger partial charge in [0.25, 0.3) is 0 Å². The predicted molar refractivity (Wildman–Crippen MR) is 73.7 cm³/mol. The molecule has 17 heavy (non-hydrogen) atoms. The zero-order valence-corrected chi connectivity index (χ0v) is 12.0. The minimum Gasteiger partial charge on any atom is -0.217 e. The number of nitrogens with zero attached hydrogens (tertiary/aromatic N) is 4. The Morgan fingerprint density at radius 3 is 2.88 bits per heavy atom. The summed E-state index contributed by atoms with van der Waals surface area (Å²) in [6.45, 7) is 2.21. The van der Waals surface area contributed by atoms with E-state index in [-0.39, 0.29) is 0 Å². The van der Waals surface area contributed by atoms with Crippen LogP contribution in [-0.2, 0) is 0 Å². The van der Waals surface area contributed by atoms with Gasteiger partial charge in [-0.1, -0.05) is 37.9 Å². The van der Waals surface area contributed by atoms with Crippen LogP contribution in [-0.4, -0.2) is 31.7 Å². The van der Waals surface area contributed by atoms with Gasteiger partial charge in [-0.25, -0.2) is 4.68 Å². The third kappa shape index (κ3) is 3.37. The van der Waals surface area contributed by atoms with Crippen LogP contribution in [0.25, 0.3) is 0 Å². The minimum atomic E-state index is 0.531. The van der Waals surface area contributed by atoms with Crippen molar-refractivity contribution in [2.24, 2.45) is 5.92 Å². The number of aromatic nitrogens is 4. The van der Waals surface area contributed by atoms with E-state index in [1.54, 1.807) is 11.8 Å². The summed E-state index contributed by atoms with van der Waals surface area (Å²) in [6.07, 6.45) is 6.23. The van der Waals surface area contributed by atoms with Crippen molar-refractivity contribution in [2.75, 3.05) is 11.5 Å². The summed E-state index contributed by atoms with van der Waals surface area (Å²) in [6, 6.07) is 0.531. The average Bonchev–Trinajstić information content (AvgIpc) is 3.00. The van der Waals surface area contributed by atoms with E-state index in [2.05, 4.69) is 35.1 Å². The van der Waals surface area contributed by atoms with Crippen LogP contribution in [0, 0.1) is 5.92 Å². The molecule has 1 aromatic heterocycles. The van der Waals surface area contributed by atoms with Crippen LogP contribution in [0.4, 0.5) is 0 Å². The molecule has 1 fully saturated rings. The topological polar surface area (TPSA) is 43.6 Å². The van der Waals surface area contributed by atoms with E-state index < -0.39 is 0 Å². The first-order valence-corrected chi connectivity index (χ1v) is 7.98. The lowest BCUT2D eigenvalue weighted by atomic mass is 10.2. The molecule has 96 valence electrons. The maximum atomic E-state index is 4.37. The third-order valence-electron chi connectivity index (χ3n) is 3.42. The van der Waals surface area contributed by atoms with Gasteiger partial charge < -0.3 is 0 Å². The lowest BCUT2D eigenvalue weighted by Gasteiger charge is -2.13. The van der Waals surface area contributed by atoms with E-state index >= 15 is 0 Å². The molecule has 0 aromatic carbocycles. The summed E-state index contributed by atoms with van der Waals surface area (Å²) in [7, 11) is 0. The molecule has 1 atom stereocenters. The molecule has 0 bridgehead atoms. The van der Waals surface area contributed by atoms with E-state index in [4.69, 9.17) is 0 Å². The van der Waals surface area contributed by atoms with Crippen molar-refractivity contribution in [1.29, 1.82) is 0 Å². The summed E-state index contributed by atoms with van der Waals surface area (Å²) in [4.78, 5) is 0. The molecule has 0 spiro atoms. The third-order valence-corrected chi connectivity index (χ3v) is 5.10. The number of rotatable bonds is 6. The molecule has 4 nitrogen and oxygen atoms in total. The Bertz CT molecular complexity index is 332. The predicted octanol–water partition coefficient (Wildman–Crippen LogP) is 2.84. The maximum absolute atomic E-state index is 4.37. The molecule has 1 unspecified atom stereocenters. The van der Waals surface area contributed by atoms with Gasteiger partial charge in [0.15, 0.2) is 0 Å². The van der Waals surface area contributed by atoms with Crippen LogP contribution < -0.4 is 0 Å². The van der Waals surface area contributed by atoms with E-state index in [0.29, 0.717) is 12.0 Å². The van der Waals surface area contributed by atoms with Crippen molar-refractivity contribution in [3.63, 3.8) is 0 Å². The molecule has 1 aliphatic carbocycles. The van der Waals surface area contributed by atoms with Gasteiger partial charge in [0.2, 0.25) is 5.16 Å². The van der Waals surface area contributed by atoms with Gasteiger partial charge in [0, 0.05) is 5.75 Å². The average molecular weight is 272 g/mol. The quantitative estimate of drug-likeness (QED) is 0.639. The van der Waals surface area contributed by atoms with E-state index in [0.717, 1.165) is 16.7 Å². The molecule has 0 radical (unpaired) electrons. The van der Waals surface area contributed by atoms with Crippen molar-refractivity contribution in [1.82, 2.24) is 20.2 Å². The van der Waals surface area contributed by atoms with Crippen LogP contribution in [0.15, 0.2) is 5.16 Å². The Labute approximate surface area is 112 Å². The number of hydrogen-bond donors (Lipinski definition) is 1. The summed E-state index contributed by atoms with van der Waals surface area (Å²) in [5.74, 6) is 2.65. The number of hydrogen-bond acceptors (Lipinski definition) is 5. The molecular weight excluding hydrogens is 252 g/mol. The highest BCUT2D eigenvalue weighted by Crippen LogP contribution is 2.32. The van der Waals surface area contributed by atoms with Crippen LogP contribution >= 0.6 is 24.4 Å². The fourth-order valence-corrected chi connectivity index (χ4v) is 3.86. The summed E-state index contributed by atoms with van der Waals surface area (Å²) < 4.78 is 2.03. The van der Waals surface area contributed by atoms with Crippen molar-refractivity contribution < 1.29 is 0 Å². The monoisotopic (exact) mass is 272 g/mol. The Morgan fingerprint density at radius 1 is 1.47 bits per heavy atom. The molecule has 1 aliphatic rings. The molecule has 6 heteroatoms. The first-order chi connectivity index (χ1) is 8.35. The summed E-state index contributed by atoms with van der Waals surface area (Å²) >= 11 is 6.14. The molecule has 0 N–H and O–H groups in total. The largest absolute Gasteiger partial charge is 0.217 e. The summed E-state index contributed by atoms with van der Waals surface area (Å²) in [5.41, 5.74) is 0. The highest BCUT2D eigenvalue weighted by atomic mass is 32.2. The Morgan fingerprint density at radius 2 is 2.24 bits per heavy atom. The van der Waals surface area contributed by atoms with Gasteiger partial charge in [-0.2, -0.15) is 12.6 Å². The van der Waals surface area contributed by atoms with Gasteiger partial charge >= 0.3 is 0 Å². The van der Waals surface area contributed by atoms with Crippen LogP contribution in [0.5, 0.6) is 0 Å². The highest BCUT2D eigenvalue weighted by Gasteiger charge is 2.21. The molecule has 0 saturated heterocycles. The lowest BCUT2D eigenvalue weighted by Crippen LogP contribution is -2.10. The van der Waals surface area contributed by atoms with E-state index in [1.165, 1.54) is 32.1 Å². The van der Waals surface area contributed by atoms with Gasteiger partial charge in [-0.05, 0) is 34.9 Å². The fraction of sp³-hybridized carbons (Fsp3) is 0.909. The first-order valence-electron chi connectivity index (χ1n) is 6.36. The van der Waals surface area contributed by atoms with Crippen molar-refractivity contribution in [3.05, 3.63) is 0 Å². The molecule has 0 amide bonds.